The minimum Gasteiger partial charge on any atom is -0.497 e. The van der Waals surface area contributed by atoms with E-state index in [9.17, 15) is 4.79 Å². The first kappa shape index (κ1) is 20.6. The maximum atomic E-state index is 12.1. The van der Waals surface area contributed by atoms with Crippen LogP contribution in [0.1, 0.15) is 0 Å². The predicted molar refractivity (Wildman–Crippen MR) is 115 cm³/mol. The first-order valence-corrected chi connectivity index (χ1v) is 9.19. The van der Waals surface area contributed by atoms with E-state index in [-0.39, 0.29) is 6.03 Å². The molecule has 0 bridgehead atoms. The summed E-state index contributed by atoms with van der Waals surface area (Å²) in [4.78, 5) is 16.1. The normalized spacial score (nSPS) is 10.1. The molecule has 30 heavy (non-hydrogen) atoms. The summed E-state index contributed by atoms with van der Waals surface area (Å²) in [5, 5.41) is 19.9. The van der Waals surface area contributed by atoms with E-state index in [4.69, 9.17) is 9.47 Å². The first-order chi connectivity index (χ1) is 14.7. The average molecular weight is 409 g/mol. The smallest absolute Gasteiger partial charge is 0.319 e. The lowest BCUT2D eigenvalue weighted by Gasteiger charge is -2.13. The zero-order valence-electron chi connectivity index (χ0n) is 16.7. The van der Waals surface area contributed by atoms with E-state index in [1.54, 1.807) is 43.8 Å². The number of nitrogens with one attached hydrogen (secondary N) is 4. The Morgan fingerprint density at radius 3 is 2.40 bits per heavy atom. The van der Waals surface area contributed by atoms with Crippen LogP contribution in [0.5, 0.6) is 11.5 Å². The molecule has 0 aliphatic heterocycles. The number of amides is 2. The molecular formula is C20H23N7O3. The van der Waals surface area contributed by atoms with Crippen LogP contribution >= 0.6 is 0 Å². The molecule has 4 N–H and O–H groups in total. The van der Waals surface area contributed by atoms with Crippen LogP contribution in [0.15, 0.2) is 54.9 Å². The number of ether oxygens (including phenoxy) is 2. The highest BCUT2D eigenvalue weighted by Crippen LogP contribution is 2.28. The van der Waals surface area contributed by atoms with Gasteiger partial charge < -0.3 is 30.7 Å². The lowest BCUT2D eigenvalue weighted by Crippen LogP contribution is -2.32. The van der Waals surface area contributed by atoms with Gasteiger partial charge in [0.05, 0.1) is 19.9 Å². The van der Waals surface area contributed by atoms with Gasteiger partial charge in [-0.05, 0) is 36.4 Å². The van der Waals surface area contributed by atoms with Crippen LogP contribution in [0.4, 0.5) is 27.8 Å². The van der Waals surface area contributed by atoms with Gasteiger partial charge in [0, 0.05) is 37.2 Å². The Balaban J connectivity index is 1.42. The maximum Gasteiger partial charge on any atom is 0.319 e. The van der Waals surface area contributed by atoms with Crippen LogP contribution in [0.3, 0.4) is 0 Å². The number of carbonyl (C=O) groups excluding carboxylic acids is 1. The third-order valence-corrected chi connectivity index (χ3v) is 3.99. The number of anilines is 4. The van der Waals surface area contributed by atoms with Crippen molar-refractivity contribution in [2.24, 2.45) is 0 Å². The summed E-state index contributed by atoms with van der Waals surface area (Å²) in [5.74, 6) is 2.39. The second kappa shape index (κ2) is 10.5. The van der Waals surface area contributed by atoms with Crippen molar-refractivity contribution in [2.75, 3.05) is 43.3 Å². The Labute approximate surface area is 174 Å². The summed E-state index contributed by atoms with van der Waals surface area (Å²) in [6.45, 7) is 0.866. The number of hydrogen-bond donors (Lipinski definition) is 4. The van der Waals surface area contributed by atoms with Crippen LogP contribution in [-0.2, 0) is 0 Å². The molecule has 0 saturated heterocycles. The van der Waals surface area contributed by atoms with E-state index >= 15 is 0 Å². The lowest BCUT2D eigenvalue weighted by atomic mass is 10.2. The van der Waals surface area contributed by atoms with Gasteiger partial charge in [-0.25, -0.2) is 4.79 Å². The first-order valence-electron chi connectivity index (χ1n) is 9.19. The van der Waals surface area contributed by atoms with Crippen LogP contribution in [0, 0.1) is 0 Å². The van der Waals surface area contributed by atoms with E-state index in [0.717, 1.165) is 5.69 Å². The van der Waals surface area contributed by atoms with Crippen molar-refractivity contribution in [1.82, 2.24) is 20.5 Å². The number of urea groups is 1. The van der Waals surface area contributed by atoms with Gasteiger partial charge in [-0.1, -0.05) is 0 Å². The van der Waals surface area contributed by atoms with E-state index in [1.165, 1.54) is 7.11 Å². The van der Waals surface area contributed by atoms with Crippen molar-refractivity contribution in [3.05, 3.63) is 54.9 Å². The van der Waals surface area contributed by atoms with Crippen molar-refractivity contribution in [3.63, 3.8) is 0 Å². The van der Waals surface area contributed by atoms with Gasteiger partial charge in [-0.2, -0.15) is 0 Å². The van der Waals surface area contributed by atoms with Gasteiger partial charge >= 0.3 is 6.03 Å². The quantitative estimate of drug-likeness (QED) is 0.398. The Kier molecular flexibility index (Phi) is 7.20. The molecule has 0 radical (unpaired) electrons. The Bertz CT molecular complexity index is 952. The topological polar surface area (TPSA) is 122 Å². The van der Waals surface area contributed by atoms with E-state index in [1.807, 2.05) is 18.2 Å². The Morgan fingerprint density at radius 2 is 1.70 bits per heavy atom. The zero-order valence-corrected chi connectivity index (χ0v) is 16.7. The van der Waals surface area contributed by atoms with Crippen molar-refractivity contribution < 1.29 is 14.3 Å². The van der Waals surface area contributed by atoms with Gasteiger partial charge in [0.25, 0.3) is 0 Å². The van der Waals surface area contributed by atoms with Gasteiger partial charge in [-0.15, -0.1) is 10.2 Å². The molecular weight excluding hydrogens is 386 g/mol. The molecule has 3 aromatic rings. The number of benzene rings is 1. The SMILES string of the molecule is COc1ccc(OC)c(NC(=O)NCCNc2ccc(Nc3ccncc3)nn2)c1. The highest BCUT2D eigenvalue weighted by atomic mass is 16.5. The second-order valence-corrected chi connectivity index (χ2v) is 6.04. The van der Waals surface area contributed by atoms with Gasteiger partial charge in [0.1, 0.15) is 17.3 Å². The van der Waals surface area contributed by atoms with E-state index in [0.29, 0.717) is 41.9 Å². The molecule has 10 nitrogen and oxygen atoms in total. The average Bonchev–Trinajstić information content (AvgIpc) is 2.78. The highest BCUT2D eigenvalue weighted by molar-refractivity contribution is 5.91. The third-order valence-electron chi connectivity index (χ3n) is 3.99. The van der Waals surface area contributed by atoms with E-state index in [2.05, 4.69) is 36.4 Å². The summed E-state index contributed by atoms with van der Waals surface area (Å²) in [7, 11) is 3.09. The maximum absolute atomic E-state index is 12.1. The van der Waals surface area contributed by atoms with Crippen molar-refractivity contribution in [1.29, 1.82) is 0 Å². The molecule has 2 aromatic heterocycles. The molecule has 0 saturated carbocycles. The third kappa shape index (κ3) is 5.96. The molecule has 2 heterocycles. The van der Waals surface area contributed by atoms with Crippen LogP contribution in [0.2, 0.25) is 0 Å². The Hall–Kier alpha value is -4.08. The van der Waals surface area contributed by atoms with Crippen molar-refractivity contribution in [3.8, 4) is 11.5 Å². The number of hydrogen-bond acceptors (Lipinski definition) is 8. The van der Waals surface area contributed by atoms with Gasteiger partial charge in [0.2, 0.25) is 0 Å². The lowest BCUT2D eigenvalue weighted by molar-refractivity contribution is 0.252. The highest BCUT2D eigenvalue weighted by Gasteiger charge is 2.08. The number of carbonyl (C=O) groups is 1. The number of rotatable bonds is 9. The molecule has 10 heteroatoms. The van der Waals surface area contributed by atoms with Crippen molar-refractivity contribution >= 4 is 29.0 Å². The largest absolute Gasteiger partial charge is 0.497 e. The summed E-state index contributed by atoms with van der Waals surface area (Å²) in [5.41, 5.74) is 1.40. The number of aromatic nitrogens is 3. The summed E-state index contributed by atoms with van der Waals surface area (Å²) in [6, 6.07) is 12.1. The van der Waals surface area contributed by atoms with Crippen LogP contribution < -0.4 is 30.7 Å². The summed E-state index contributed by atoms with van der Waals surface area (Å²) >= 11 is 0. The molecule has 2 amide bonds. The standard InChI is InChI=1S/C20H23N7O3/c1-29-15-3-4-17(30-2)16(13-15)25-20(28)23-12-11-22-18-5-6-19(27-26-18)24-14-7-9-21-10-8-14/h3-10,13H,11-12H2,1-2H3,(H,22,26)(H,21,24,27)(H2,23,25,28). The summed E-state index contributed by atoms with van der Waals surface area (Å²) in [6.07, 6.45) is 3.39. The minimum atomic E-state index is -0.355. The van der Waals surface area contributed by atoms with E-state index < -0.39 is 0 Å². The molecule has 0 unspecified atom stereocenters. The van der Waals surface area contributed by atoms with Crippen molar-refractivity contribution in [2.45, 2.75) is 0 Å². The number of pyridine rings is 1. The minimum absolute atomic E-state index is 0.355. The van der Waals surface area contributed by atoms with Crippen LogP contribution in [-0.4, -0.2) is 48.5 Å². The Morgan fingerprint density at radius 1 is 0.933 bits per heavy atom. The monoisotopic (exact) mass is 409 g/mol. The zero-order chi connectivity index (χ0) is 21.2. The fraction of sp³-hybridized carbons (Fsp3) is 0.200. The predicted octanol–water partition coefficient (Wildman–Crippen LogP) is 2.87. The van der Waals surface area contributed by atoms with Gasteiger partial charge in [0.15, 0.2) is 5.82 Å². The molecule has 3 rings (SSSR count). The molecule has 0 aliphatic carbocycles. The van der Waals surface area contributed by atoms with Crippen LogP contribution in [0.25, 0.3) is 0 Å². The molecule has 1 aromatic carbocycles. The molecule has 0 aliphatic rings. The number of nitrogens with zero attached hydrogens (tertiary/aromatic N) is 3. The second-order valence-electron chi connectivity index (χ2n) is 6.04. The molecule has 0 spiro atoms. The summed E-state index contributed by atoms with van der Waals surface area (Å²) < 4.78 is 10.4. The molecule has 156 valence electrons. The van der Waals surface area contributed by atoms with Gasteiger partial charge in [-0.3, -0.25) is 4.98 Å². The molecule has 0 atom stereocenters. The fourth-order valence-corrected chi connectivity index (χ4v) is 2.52. The molecule has 0 fully saturated rings. The number of methoxy groups -OCH3 is 2. The fourth-order valence-electron chi connectivity index (χ4n) is 2.52.